The molecule has 0 unspecified atom stereocenters. The fourth-order valence-corrected chi connectivity index (χ4v) is 4.55. The number of aromatic nitrogens is 1. The number of piperidine rings is 2. The van der Waals surface area contributed by atoms with Gasteiger partial charge in [0.25, 0.3) is 0 Å². The van der Waals surface area contributed by atoms with E-state index in [1.54, 1.807) is 6.26 Å². The van der Waals surface area contributed by atoms with Crippen LogP contribution in [0.2, 0.25) is 0 Å². The third-order valence-corrected chi connectivity index (χ3v) is 6.30. The van der Waals surface area contributed by atoms with E-state index in [1.807, 2.05) is 0 Å². The van der Waals surface area contributed by atoms with Crippen molar-refractivity contribution >= 4 is 5.91 Å². The lowest BCUT2D eigenvalue weighted by atomic mass is 9.99. The molecule has 1 aromatic heterocycles. The molecule has 28 heavy (non-hydrogen) atoms. The molecular formula is C23H31N3O2. The maximum absolute atomic E-state index is 12.7. The number of carbonyl (C=O) groups excluding carboxylic acids is 1. The smallest absolute Gasteiger partial charge is 0.222 e. The molecule has 0 saturated carbocycles. The van der Waals surface area contributed by atoms with Crippen LogP contribution in [-0.2, 0) is 11.2 Å². The largest absolute Gasteiger partial charge is 0.364 e. The van der Waals surface area contributed by atoms with Crippen LogP contribution >= 0.6 is 0 Å². The Morgan fingerprint density at radius 2 is 1.79 bits per heavy atom. The Balaban J connectivity index is 1.28. The van der Waals surface area contributed by atoms with Gasteiger partial charge in [-0.3, -0.25) is 4.79 Å². The van der Waals surface area contributed by atoms with Crippen molar-refractivity contribution in [1.29, 1.82) is 0 Å². The number of nitrogens with zero attached hydrogens (tertiary/aromatic N) is 3. The summed E-state index contributed by atoms with van der Waals surface area (Å²) in [6.07, 6.45) is 9.17. The monoisotopic (exact) mass is 381 g/mol. The number of carbonyl (C=O) groups is 1. The summed E-state index contributed by atoms with van der Waals surface area (Å²) in [7, 11) is 0. The summed E-state index contributed by atoms with van der Waals surface area (Å²) in [6.45, 7) is 6.35. The van der Waals surface area contributed by atoms with Crippen LogP contribution in [0.1, 0.15) is 49.7 Å². The molecule has 0 aliphatic carbocycles. The zero-order valence-electron chi connectivity index (χ0n) is 16.9. The highest BCUT2D eigenvalue weighted by Crippen LogP contribution is 2.25. The first-order valence-electron chi connectivity index (χ1n) is 10.7. The summed E-state index contributed by atoms with van der Waals surface area (Å²) < 4.78 is 5.21. The molecule has 2 saturated heterocycles. The Kier molecular flexibility index (Phi) is 6.10. The maximum atomic E-state index is 12.7. The second-order valence-corrected chi connectivity index (χ2v) is 8.26. The summed E-state index contributed by atoms with van der Waals surface area (Å²) in [5.41, 5.74) is 4.14. The number of hydrogen-bond donors (Lipinski definition) is 0. The van der Waals surface area contributed by atoms with Crippen molar-refractivity contribution in [3.63, 3.8) is 0 Å². The predicted octanol–water partition coefficient (Wildman–Crippen LogP) is 4.06. The molecule has 2 aliphatic heterocycles. The summed E-state index contributed by atoms with van der Waals surface area (Å²) >= 11 is 0. The van der Waals surface area contributed by atoms with Crippen LogP contribution in [0.4, 0.5) is 0 Å². The van der Waals surface area contributed by atoms with Gasteiger partial charge in [0.1, 0.15) is 12.0 Å². The van der Waals surface area contributed by atoms with Crippen molar-refractivity contribution in [2.24, 2.45) is 0 Å². The molecule has 1 amide bonds. The molecule has 2 aromatic rings. The van der Waals surface area contributed by atoms with Crippen LogP contribution in [0.25, 0.3) is 11.3 Å². The Morgan fingerprint density at radius 1 is 1.07 bits per heavy atom. The molecule has 2 aliphatic rings. The summed E-state index contributed by atoms with van der Waals surface area (Å²) in [5.74, 6) is 0.258. The molecule has 3 heterocycles. The Morgan fingerprint density at radius 3 is 2.50 bits per heavy atom. The van der Waals surface area contributed by atoms with Crippen molar-refractivity contribution in [3.05, 3.63) is 41.7 Å². The lowest BCUT2D eigenvalue weighted by molar-refractivity contribution is -0.132. The van der Waals surface area contributed by atoms with Gasteiger partial charge >= 0.3 is 0 Å². The van der Waals surface area contributed by atoms with E-state index in [0.29, 0.717) is 18.9 Å². The van der Waals surface area contributed by atoms with E-state index in [1.165, 1.54) is 37.9 Å². The topological polar surface area (TPSA) is 49.6 Å². The van der Waals surface area contributed by atoms with Gasteiger partial charge in [-0.25, -0.2) is 0 Å². The van der Waals surface area contributed by atoms with Gasteiger partial charge in [-0.2, -0.15) is 0 Å². The summed E-state index contributed by atoms with van der Waals surface area (Å²) in [5, 5.41) is 4.16. The first kappa shape index (κ1) is 19.2. The van der Waals surface area contributed by atoms with Gasteiger partial charge in [0.2, 0.25) is 5.91 Å². The second-order valence-electron chi connectivity index (χ2n) is 8.26. The van der Waals surface area contributed by atoms with E-state index in [2.05, 4.69) is 46.1 Å². The molecule has 4 rings (SSSR count). The van der Waals surface area contributed by atoms with E-state index in [9.17, 15) is 4.79 Å². The molecule has 0 radical (unpaired) electrons. The minimum atomic E-state index is 0.258. The minimum absolute atomic E-state index is 0.258. The average molecular weight is 382 g/mol. The zero-order chi connectivity index (χ0) is 19.3. The lowest BCUT2D eigenvalue weighted by Crippen LogP contribution is -2.48. The predicted molar refractivity (Wildman–Crippen MR) is 110 cm³/mol. The number of hydrogen-bond acceptors (Lipinski definition) is 4. The molecule has 5 heteroatoms. The van der Waals surface area contributed by atoms with E-state index < -0.39 is 0 Å². The van der Waals surface area contributed by atoms with E-state index in [4.69, 9.17) is 4.52 Å². The van der Waals surface area contributed by atoms with E-state index in [-0.39, 0.29) is 5.91 Å². The van der Waals surface area contributed by atoms with Gasteiger partial charge in [-0.1, -0.05) is 41.4 Å². The first-order chi connectivity index (χ1) is 13.7. The normalized spacial score (nSPS) is 19.1. The van der Waals surface area contributed by atoms with Gasteiger partial charge in [-0.15, -0.1) is 0 Å². The molecule has 0 spiro atoms. The van der Waals surface area contributed by atoms with Crippen LogP contribution < -0.4 is 0 Å². The van der Waals surface area contributed by atoms with Crippen molar-refractivity contribution in [3.8, 4) is 11.3 Å². The van der Waals surface area contributed by atoms with Gasteiger partial charge in [-0.05, 0) is 52.1 Å². The minimum Gasteiger partial charge on any atom is -0.364 e. The molecule has 2 fully saturated rings. The van der Waals surface area contributed by atoms with Crippen LogP contribution in [0, 0.1) is 6.92 Å². The highest BCUT2D eigenvalue weighted by Gasteiger charge is 2.27. The van der Waals surface area contributed by atoms with Crippen LogP contribution in [0.5, 0.6) is 0 Å². The van der Waals surface area contributed by atoms with Gasteiger partial charge in [0, 0.05) is 36.7 Å². The fraction of sp³-hybridized carbons (Fsp3) is 0.565. The number of amides is 1. The standard InChI is InChI=1S/C23H31N3O2/c1-18-5-7-19(8-6-18)23-20(17-28-24-23)9-10-22(27)26-15-11-21(12-16-26)25-13-3-2-4-14-25/h5-8,17,21H,2-4,9-16H2,1H3. The zero-order valence-corrected chi connectivity index (χ0v) is 16.9. The van der Waals surface area contributed by atoms with Gasteiger partial charge < -0.3 is 14.3 Å². The summed E-state index contributed by atoms with van der Waals surface area (Å²) in [6, 6.07) is 8.94. The average Bonchev–Trinajstić information content (AvgIpc) is 3.22. The van der Waals surface area contributed by atoms with Crippen molar-refractivity contribution in [2.75, 3.05) is 26.2 Å². The number of benzene rings is 1. The molecule has 0 bridgehead atoms. The summed E-state index contributed by atoms with van der Waals surface area (Å²) in [4.78, 5) is 17.4. The SMILES string of the molecule is Cc1ccc(-c2nocc2CCC(=O)N2CCC(N3CCCCC3)CC2)cc1. The number of aryl methyl sites for hydroxylation is 2. The quantitative estimate of drug-likeness (QED) is 0.784. The molecule has 150 valence electrons. The molecule has 0 atom stereocenters. The Hall–Kier alpha value is -2.14. The second kappa shape index (κ2) is 8.91. The van der Waals surface area contributed by atoms with Crippen LogP contribution in [0.15, 0.2) is 35.1 Å². The third-order valence-electron chi connectivity index (χ3n) is 6.30. The van der Waals surface area contributed by atoms with E-state index >= 15 is 0 Å². The number of likely N-dealkylation sites (tertiary alicyclic amines) is 2. The van der Waals surface area contributed by atoms with Crippen LogP contribution in [-0.4, -0.2) is 53.1 Å². The lowest BCUT2D eigenvalue weighted by Gasteiger charge is -2.40. The molecule has 5 nitrogen and oxygen atoms in total. The highest BCUT2D eigenvalue weighted by molar-refractivity contribution is 5.77. The molecule has 0 N–H and O–H groups in total. The van der Waals surface area contributed by atoms with Crippen molar-refractivity contribution in [2.45, 2.75) is 57.9 Å². The van der Waals surface area contributed by atoms with E-state index in [0.717, 1.165) is 42.8 Å². The molecular weight excluding hydrogens is 350 g/mol. The van der Waals surface area contributed by atoms with Crippen molar-refractivity contribution < 1.29 is 9.32 Å². The Labute approximate surface area is 167 Å². The third kappa shape index (κ3) is 4.46. The number of rotatable bonds is 5. The van der Waals surface area contributed by atoms with Crippen LogP contribution in [0.3, 0.4) is 0 Å². The van der Waals surface area contributed by atoms with Gasteiger partial charge in [0.15, 0.2) is 0 Å². The molecule has 1 aromatic carbocycles. The maximum Gasteiger partial charge on any atom is 0.222 e. The first-order valence-corrected chi connectivity index (χ1v) is 10.7. The van der Waals surface area contributed by atoms with Crippen molar-refractivity contribution in [1.82, 2.24) is 15.0 Å². The highest BCUT2D eigenvalue weighted by atomic mass is 16.5. The Bertz CT molecular complexity index is 769. The fourth-order valence-electron chi connectivity index (χ4n) is 4.55. The van der Waals surface area contributed by atoms with Gasteiger partial charge in [0.05, 0.1) is 0 Å².